The number of sulfone groups is 1. The molecule has 1 amide bonds. The van der Waals surface area contributed by atoms with Gasteiger partial charge in [-0.25, -0.2) is 13.4 Å². The highest BCUT2D eigenvalue weighted by Gasteiger charge is 2.21. The molecule has 1 aromatic heterocycles. The number of rotatable bonds is 5. The van der Waals surface area contributed by atoms with E-state index in [2.05, 4.69) is 10.3 Å². The summed E-state index contributed by atoms with van der Waals surface area (Å²) < 4.78 is 37.1. The average Bonchev–Trinajstić information content (AvgIpc) is 3.14. The van der Waals surface area contributed by atoms with Crippen molar-refractivity contribution in [2.45, 2.75) is 25.2 Å². The van der Waals surface area contributed by atoms with Gasteiger partial charge in [0, 0.05) is 12.5 Å². The van der Waals surface area contributed by atoms with Crippen LogP contribution in [-0.2, 0) is 14.6 Å². The van der Waals surface area contributed by atoms with Gasteiger partial charge in [-0.05, 0) is 37.1 Å². The van der Waals surface area contributed by atoms with E-state index in [0.717, 1.165) is 21.3 Å². The second-order valence-corrected chi connectivity index (χ2v) is 9.93. The third-order valence-electron chi connectivity index (χ3n) is 4.66. The molecule has 0 spiro atoms. The van der Waals surface area contributed by atoms with Crippen LogP contribution in [0.5, 0.6) is 11.5 Å². The Morgan fingerprint density at radius 1 is 1.10 bits per heavy atom. The Labute approximate surface area is 172 Å². The van der Waals surface area contributed by atoms with Gasteiger partial charge in [0.1, 0.15) is 13.2 Å². The van der Waals surface area contributed by atoms with Crippen molar-refractivity contribution >= 4 is 42.4 Å². The van der Waals surface area contributed by atoms with Crippen molar-refractivity contribution < 1.29 is 22.7 Å². The van der Waals surface area contributed by atoms with E-state index in [-0.39, 0.29) is 23.0 Å². The lowest BCUT2D eigenvalue weighted by molar-refractivity contribution is -0.115. The smallest absolute Gasteiger partial charge is 0.227 e. The van der Waals surface area contributed by atoms with Crippen molar-refractivity contribution in [2.75, 3.05) is 24.3 Å². The molecule has 152 valence electrons. The van der Waals surface area contributed by atoms with E-state index >= 15 is 0 Å². The van der Waals surface area contributed by atoms with Gasteiger partial charge in [-0.3, -0.25) is 4.79 Å². The van der Waals surface area contributed by atoms with Crippen LogP contribution in [0.1, 0.15) is 17.5 Å². The third kappa shape index (κ3) is 4.06. The Balaban J connectivity index is 1.44. The van der Waals surface area contributed by atoms with Crippen molar-refractivity contribution in [1.82, 2.24) is 4.98 Å². The number of ether oxygens (including phenoxy) is 2. The predicted molar refractivity (Wildman–Crippen MR) is 112 cm³/mol. The van der Waals surface area contributed by atoms with Crippen molar-refractivity contribution in [3.63, 3.8) is 0 Å². The molecule has 0 unspecified atom stereocenters. The molecule has 2 aromatic carbocycles. The largest absolute Gasteiger partial charge is 0.486 e. The molecule has 0 aliphatic carbocycles. The molecule has 0 bridgehead atoms. The number of aryl methyl sites for hydroxylation is 2. The van der Waals surface area contributed by atoms with Crippen molar-refractivity contribution in [3.8, 4) is 11.5 Å². The van der Waals surface area contributed by atoms with Gasteiger partial charge in [-0.2, -0.15) is 0 Å². The van der Waals surface area contributed by atoms with Gasteiger partial charge >= 0.3 is 0 Å². The van der Waals surface area contributed by atoms with Gasteiger partial charge in [0.15, 0.2) is 26.5 Å². The number of amides is 1. The van der Waals surface area contributed by atoms with Crippen LogP contribution < -0.4 is 14.8 Å². The second kappa shape index (κ2) is 7.64. The quantitative estimate of drug-likeness (QED) is 0.663. The monoisotopic (exact) mass is 432 g/mol. The Morgan fingerprint density at radius 2 is 1.83 bits per heavy atom. The summed E-state index contributed by atoms with van der Waals surface area (Å²) in [5.74, 6) is 0.235. The van der Waals surface area contributed by atoms with Crippen LogP contribution in [0.2, 0.25) is 0 Å². The van der Waals surface area contributed by atoms with Gasteiger partial charge in [-0.1, -0.05) is 23.5 Å². The lowest BCUT2D eigenvalue weighted by Gasteiger charge is -2.18. The van der Waals surface area contributed by atoms with E-state index in [0.29, 0.717) is 29.8 Å². The maximum atomic E-state index is 12.6. The first kappa shape index (κ1) is 19.7. The first-order valence-corrected chi connectivity index (χ1v) is 11.6. The molecule has 9 heteroatoms. The summed E-state index contributed by atoms with van der Waals surface area (Å²) in [6.07, 6.45) is -0.162. The number of hydrogen-bond acceptors (Lipinski definition) is 7. The molecule has 7 nitrogen and oxygen atoms in total. The van der Waals surface area contributed by atoms with E-state index in [4.69, 9.17) is 9.47 Å². The van der Waals surface area contributed by atoms with E-state index in [1.807, 2.05) is 26.0 Å². The van der Waals surface area contributed by atoms with Crippen molar-refractivity contribution in [3.05, 3.63) is 41.5 Å². The minimum Gasteiger partial charge on any atom is -0.486 e. The number of aromatic nitrogens is 1. The summed E-state index contributed by atoms with van der Waals surface area (Å²) in [7, 11) is -3.63. The van der Waals surface area contributed by atoms with Gasteiger partial charge in [0.05, 0.1) is 20.9 Å². The molecule has 29 heavy (non-hydrogen) atoms. The zero-order chi connectivity index (χ0) is 20.6. The normalized spacial score (nSPS) is 13.4. The van der Waals surface area contributed by atoms with Crippen LogP contribution >= 0.6 is 11.3 Å². The lowest BCUT2D eigenvalue weighted by Crippen LogP contribution is -2.18. The van der Waals surface area contributed by atoms with E-state index < -0.39 is 9.84 Å². The van der Waals surface area contributed by atoms with Crippen LogP contribution in [0.15, 0.2) is 35.2 Å². The minimum absolute atomic E-state index is 0.112. The highest BCUT2D eigenvalue weighted by atomic mass is 32.2. The third-order valence-corrected chi connectivity index (χ3v) is 7.48. The maximum Gasteiger partial charge on any atom is 0.227 e. The van der Waals surface area contributed by atoms with Crippen molar-refractivity contribution in [2.24, 2.45) is 0 Å². The topological polar surface area (TPSA) is 94.6 Å². The van der Waals surface area contributed by atoms with Gasteiger partial charge in [0.25, 0.3) is 0 Å². The zero-order valence-electron chi connectivity index (χ0n) is 16.0. The Morgan fingerprint density at radius 3 is 2.59 bits per heavy atom. The molecule has 4 rings (SSSR count). The number of nitrogens with zero attached hydrogens (tertiary/aromatic N) is 1. The molecule has 0 atom stereocenters. The molecular formula is C20H20N2O5S2. The standard InChI is InChI=1S/C20H20N2O5S2/c1-12-3-4-13(2)19-18(12)22-20(28-19)21-17(23)7-10-29(24,25)14-5-6-15-16(11-14)27-9-8-26-15/h3-6,11H,7-10H2,1-2H3,(H,21,22,23). The van der Waals surface area contributed by atoms with Gasteiger partial charge in [-0.15, -0.1) is 0 Å². The molecule has 1 aliphatic heterocycles. The number of carbonyl (C=O) groups is 1. The lowest BCUT2D eigenvalue weighted by atomic mass is 10.1. The molecule has 0 saturated carbocycles. The summed E-state index contributed by atoms with van der Waals surface area (Å²) in [6.45, 7) is 4.77. The number of hydrogen-bond donors (Lipinski definition) is 1. The average molecular weight is 433 g/mol. The van der Waals surface area contributed by atoms with Crippen LogP contribution in [0, 0.1) is 13.8 Å². The molecule has 1 N–H and O–H groups in total. The minimum atomic E-state index is -3.63. The Hall–Kier alpha value is -2.65. The number of anilines is 1. The molecule has 1 aliphatic rings. The first-order chi connectivity index (χ1) is 13.8. The molecule has 0 radical (unpaired) electrons. The van der Waals surface area contributed by atoms with Crippen LogP contribution in [-0.4, -0.2) is 38.3 Å². The summed E-state index contributed by atoms with van der Waals surface area (Å²) in [5, 5.41) is 3.19. The number of benzene rings is 2. The maximum absolute atomic E-state index is 12.6. The Kier molecular flexibility index (Phi) is 5.18. The number of nitrogens with one attached hydrogen (secondary N) is 1. The zero-order valence-corrected chi connectivity index (χ0v) is 17.7. The van der Waals surface area contributed by atoms with Gasteiger partial charge in [0.2, 0.25) is 5.91 Å². The number of thiazole rings is 1. The summed E-state index contributed by atoms with van der Waals surface area (Å²) in [5.41, 5.74) is 2.97. The fraction of sp³-hybridized carbons (Fsp3) is 0.300. The fourth-order valence-electron chi connectivity index (χ4n) is 3.06. The molecular weight excluding hydrogens is 412 g/mol. The predicted octanol–water partition coefficient (Wildman–Crippen LogP) is 3.49. The van der Waals surface area contributed by atoms with Gasteiger partial charge < -0.3 is 14.8 Å². The van der Waals surface area contributed by atoms with Crippen LogP contribution in [0.3, 0.4) is 0 Å². The molecule has 0 fully saturated rings. The molecule has 3 aromatic rings. The molecule has 2 heterocycles. The fourth-order valence-corrected chi connectivity index (χ4v) is 5.34. The van der Waals surface area contributed by atoms with E-state index in [1.165, 1.54) is 23.5 Å². The number of fused-ring (bicyclic) bond motifs is 2. The van der Waals surface area contributed by atoms with Crippen molar-refractivity contribution in [1.29, 1.82) is 0 Å². The van der Waals surface area contributed by atoms with Crippen LogP contribution in [0.4, 0.5) is 5.13 Å². The van der Waals surface area contributed by atoms with Crippen LogP contribution in [0.25, 0.3) is 10.2 Å². The summed E-state index contributed by atoms with van der Waals surface area (Å²) >= 11 is 1.39. The summed E-state index contributed by atoms with van der Waals surface area (Å²) in [4.78, 5) is 16.9. The van der Waals surface area contributed by atoms with E-state index in [9.17, 15) is 13.2 Å². The number of carbonyl (C=O) groups excluding carboxylic acids is 1. The first-order valence-electron chi connectivity index (χ1n) is 9.12. The molecule has 0 saturated heterocycles. The highest BCUT2D eigenvalue weighted by molar-refractivity contribution is 7.91. The van der Waals surface area contributed by atoms with E-state index in [1.54, 1.807) is 6.07 Å². The highest BCUT2D eigenvalue weighted by Crippen LogP contribution is 2.33. The summed E-state index contributed by atoms with van der Waals surface area (Å²) in [6, 6.07) is 8.50. The SMILES string of the molecule is Cc1ccc(C)c2sc(NC(=O)CCS(=O)(=O)c3ccc4c(c3)OCCO4)nc12. The second-order valence-electron chi connectivity index (χ2n) is 6.82. The Bertz CT molecular complexity index is 1160.